The smallest absolute Gasteiger partial charge is 0.248 e. The van der Waals surface area contributed by atoms with E-state index in [4.69, 9.17) is 9.47 Å². The third-order valence-electron chi connectivity index (χ3n) is 3.74. The van der Waals surface area contributed by atoms with Crippen LogP contribution in [0.25, 0.3) is 10.2 Å². The van der Waals surface area contributed by atoms with Gasteiger partial charge in [0.05, 0.1) is 29.5 Å². The van der Waals surface area contributed by atoms with Crippen molar-refractivity contribution in [3.8, 4) is 0 Å². The molecule has 118 valence electrons. The molecule has 6 heteroatoms. The Kier molecular flexibility index (Phi) is 5.02. The molecule has 2 heterocycles. The lowest BCUT2D eigenvalue weighted by Gasteiger charge is -2.32. The fraction of sp³-hybridized carbons (Fsp3) is 0.500. The van der Waals surface area contributed by atoms with E-state index in [0.29, 0.717) is 26.3 Å². The molecule has 0 spiro atoms. The minimum atomic E-state index is 0.0304. The number of aromatic nitrogens is 1. The quantitative estimate of drug-likeness (QED) is 0.849. The zero-order valence-corrected chi connectivity index (χ0v) is 13.5. The Morgan fingerprint density at radius 1 is 1.50 bits per heavy atom. The van der Waals surface area contributed by atoms with E-state index < -0.39 is 0 Å². The molecule has 0 saturated carbocycles. The van der Waals surface area contributed by atoms with E-state index in [-0.39, 0.29) is 18.6 Å². The van der Waals surface area contributed by atoms with Gasteiger partial charge in [0, 0.05) is 13.1 Å². The third kappa shape index (κ3) is 3.63. The number of hydrogen-bond acceptors (Lipinski definition) is 5. The van der Waals surface area contributed by atoms with Gasteiger partial charge in [-0.15, -0.1) is 11.3 Å². The second kappa shape index (κ2) is 7.17. The summed E-state index contributed by atoms with van der Waals surface area (Å²) in [4.78, 5) is 18.5. The molecule has 0 N–H and O–H groups in total. The Bertz CT molecular complexity index is 610. The predicted molar refractivity (Wildman–Crippen MR) is 85.9 cm³/mol. The summed E-state index contributed by atoms with van der Waals surface area (Å²) in [6, 6.07) is 8.00. The monoisotopic (exact) mass is 320 g/mol. The highest BCUT2D eigenvalue weighted by Gasteiger charge is 2.22. The topological polar surface area (TPSA) is 51.7 Å². The molecule has 1 aromatic carbocycles. The van der Waals surface area contributed by atoms with E-state index in [0.717, 1.165) is 21.6 Å². The summed E-state index contributed by atoms with van der Waals surface area (Å²) in [6.45, 7) is 4.49. The SMILES string of the molecule is CCC1CN(C(=O)COCc2nc3ccccc3s2)CCO1. The predicted octanol–water partition coefficient (Wildman–Crippen LogP) is 2.45. The van der Waals surface area contributed by atoms with Gasteiger partial charge in [0.15, 0.2) is 0 Å². The van der Waals surface area contributed by atoms with Crippen LogP contribution in [0.15, 0.2) is 24.3 Å². The highest BCUT2D eigenvalue weighted by molar-refractivity contribution is 7.18. The minimum absolute atomic E-state index is 0.0304. The summed E-state index contributed by atoms with van der Waals surface area (Å²) in [5.74, 6) is 0.0304. The molecule has 1 atom stereocenters. The van der Waals surface area contributed by atoms with Crippen LogP contribution in [0.4, 0.5) is 0 Å². The summed E-state index contributed by atoms with van der Waals surface area (Å²) in [5.41, 5.74) is 0.983. The molecule has 0 bridgehead atoms. The zero-order chi connectivity index (χ0) is 15.4. The standard InChI is InChI=1S/C16H20N2O3S/c1-2-12-9-18(7-8-21-12)16(19)11-20-10-15-17-13-5-3-4-6-14(13)22-15/h3-6,12H,2,7-11H2,1H3. The Labute approximate surface area is 133 Å². The maximum absolute atomic E-state index is 12.2. The average molecular weight is 320 g/mol. The maximum Gasteiger partial charge on any atom is 0.248 e. The van der Waals surface area contributed by atoms with Gasteiger partial charge in [-0.2, -0.15) is 0 Å². The van der Waals surface area contributed by atoms with Gasteiger partial charge in [0.1, 0.15) is 11.6 Å². The number of rotatable bonds is 5. The first-order valence-electron chi connectivity index (χ1n) is 7.58. The summed E-state index contributed by atoms with van der Waals surface area (Å²) < 4.78 is 12.3. The van der Waals surface area contributed by atoms with E-state index in [1.165, 1.54) is 0 Å². The number of ether oxygens (including phenoxy) is 2. The van der Waals surface area contributed by atoms with Crippen LogP contribution >= 0.6 is 11.3 Å². The van der Waals surface area contributed by atoms with Crippen molar-refractivity contribution < 1.29 is 14.3 Å². The molecule has 3 rings (SSSR count). The molecule has 1 aliphatic heterocycles. The first-order chi connectivity index (χ1) is 10.8. The van der Waals surface area contributed by atoms with Crippen LogP contribution in [-0.2, 0) is 20.9 Å². The van der Waals surface area contributed by atoms with Crippen molar-refractivity contribution in [2.45, 2.75) is 26.1 Å². The molecule has 22 heavy (non-hydrogen) atoms. The molecule has 2 aromatic rings. The summed E-state index contributed by atoms with van der Waals surface area (Å²) in [6.07, 6.45) is 1.08. The van der Waals surface area contributed by atoms with E-state index in [1.54, 1.807) is 11.3 Å². The summed E-state index contributed by atoms with van der Waals surface area (Å²) in [5, 5.41) is 0.905. The first-order valence-corrected chi connectivity index (χ1v) is 8.39. The molecule has 1 unspecified atom stereocenters. The van der Waals surface area contributed by atoms with E-state index in [9.17, 15) is 4.79 Å². The highest BCUT2D eigenvalue weighted by Crippen LogP contribution is 2.21. The molecule has 0 radical (unpaired) electrons. The minimum Gasteiger partial charge on any atom is -0.375 e. The van der Waals surface area contributed by atoms with Gasteiger partial charge in [-0.1, -0.05) is 19.1 Å². The number of hydrogen-bond donors (Lipinski definition) is 0. The third-order valence-corrected chi connectivity index (χ3v) is 4.75. The van der Waals surface area contributed by atoms with Crippen molar-refractivity contribution in [1.82, 2.24) is 9.88 Å². The van der Waals surface area contributed by atoms with Crippen LogP contribution in [0.5, 0.6) is 0 Å². The number of morpholine rings is 1. The lowest BCUT2D eigenvalue weighted by Crippen LogP contribution is -2.46. The number of thiazole rings is 1. The zero-order valence-electron chi connectivity index (χ0n) is 12.7. The van der Waals surface area contributed by atoms with E-state index in [1.807, 2.05) is 29.2 Å². The van der Waals surface area contributed by atoms with Crippen LogP contribution in [0.2, 0.25) is 0 Å². The molecular formula is C16H20N2O3S. The summed E-state index contributed by atoms with van der Waals surface area (Å²) >= 11 is 1.61. The van der Waals surface area contributed by atoms with Crippen LogP contribution in [0, 0.1) is 0 Å². The number of para-hydroxylation sites is 1. The molecule has 1 fully saturated rings. The Morgan fingerprint density at radius 3 is 3.18 bits per heavy atom. The number of amides is 1. The van der Waals surface area contributed by atoms with Gasteiger partial charge < -0.3 is 14.4 Å². The van der Waals surface area contributed by atoms with Gasteiger partial charge in [-0.3, -0.25) is 4.79 Å². The number of benzene rings is 1. The van der Waals surface area contributed by atoms with Crippen molar-refractivity contribution in [3.05, 3.63) is 29.3 Å². The van der Waals surface area contributed by atoms with Gasteiger partial charge in [-0.25, -0.2) is 4.98 Å². The fourth-order valence-electron chi connectivity index (χ4n) is 2.49. The van der Waals surface area contributed by atoms with Crippen molar-refractivity contribution in [2.75, 3.05) is 26.3 Å². The first kappa shape index (κ1) is 15.4. The average Bonchev–Trinajstić information content (AvgIpc) is 2.97. The normalized spacial score (nSPS) is 18.8. The Balaban J connectivity index is 1.49. The van der Waals surface area contributed by atoms with E-state index in [2.05, 4.69) is 11.9 Å². The second-order valence-electron chi connectivity index (χ2n) is 5.31. The number of fused-ring (bicyclic) bond motifs is 1. The fourth-order valence-corrected chi connectivity index (χ4v) is 3.40. The van der Waals surface area contributed by atoms with Crippen molar-refractivity contribution in [1.29, 1.82) is 0 Å². The lowest BCUT2D eigenvalue weighted by molar-refractivity contribution is -0.144. The Hall–Kier alpha value is -1.50. The number of carbonyl (C=O) groups excluding carboxylic acids is 1. The van der Waals surface area contributed by atoms with Crippen LogP contribution in [-0.4, -0.2) is 48.2 Å². The van der Waals surface area contributed by atoms with Gasteiger partial charge in [0.2, 0.25) is 5.91 Å². The van der Waals surface area contributed by atoms with Crippen molar-refractivity contribution in [2.24, 2.45) is 0 Å². The van der Waals surface area contributed by atoms with Crippen LogP contribution < -0.4 is 0 Å². The number of carbonyl (C=O) groups is 1. The maximum atomic E-state index is 12.2. The molecule has 1 aromatic heterocycles. The van der Waals surface area contributed by atoms with E-state index >= 15 is 0 Å². The largest absolute Gasteiger partial charge is 0.375 e. The van der Waals surface area contributed by atoms with Crippen molar-refractivity contribution in [3.63, 3.8) is 0 Å². The van der Waals surface area contributed by atoms with Crippen molar-refractivity contribution >= 4 is 27.5 Å². The highest BCUT2D eigenvalue weighted by atomic mass is 32.1. The van der Waals surface area contributed by atoms with Crippen LogP contribution in [0.3, 0.4) is 0 Å². The Morgan fingerprint density at radius 2 is 2.36 bits per heavy atom. The molecular weight excluding hydrogens is 300 g/mol. The van der Waals surface area contributed by atoms with Gasteiger partial charge in [0.25, 0.3) is 0 Å². The molecule has 1 aliphatic rings. The van der Waals surface area contributed by atoms with Gasteiger partial charge >= 0.3 is 0 Å². The lowest BCUT2D eigenvalue weighted by atomic mass is 10.2. The molecule has 1 saturated heterocycles. The van der Waals surface area contributed by atoms with Gasteiger partial charge in [-0.05, 0) is 18.6 Å². The molecule has 1 amide bonds. The molecule has 0 aliphatic carbocycles. The molecule has 5 nitrogen and oxygen atoms in total. The van der Waals surface area contributed by atoms with Crippen LogP contribution in [0.1, 0.15) is 18.4 Å². The second-order valence-corrected chi connectivity index (χ2v) is 6.42. The summed E-state index contributed by atoms with van der Waals surface area (Å²) in [7, 11) is 0. The number of nitrogens with zero attached hydrogens (tertiary/aromatic N) is 2.